The van der Waals surface area contributed by atoms with Gasteiger partial charge in [0.25, 0.3) is 0 Å². The fourth-order valence-electron chi connectivity index (χ4n) is 2.07. The molecule has 2 nitrogen and oxygen atoms in total. The van der Waals surface area contributed by atoms with Gasteiger partial charge in [-0.2, -0.15) is 0 Å². The van der Waals surface area contributed by atoms with Crippen molar-refractivity contribution in [2.24, 2.45) is 5.41 Å². The molecule has 1 unspecified atom stereocenters. The van der Waals surface area contributed by atoms with Gasteiger partial charge in [-0.05, 0) is 24.5 Å². The smallest absolute Gasteiger partial charge is 0.127 e. The van der Waals surface area contributed by atoms with Crippen molar-refractivity contribution in [2.45, 2.75) is 39.6 Å². The van der Waals surface area contributed by atoms with Crippen LogP contribution in [0, 0.1) is 5.41 Å². The molecule has 0 bridgehead atoms. The molecule has 0 saturated carbocycles. The van der Waals surface area contributed by atoms with E-state index < -0.39 is 0 Å². The minimum Gasteiger partial charge on any atom is -0.326 e. The van der Waals surface area contributed by atoms with E-state index in [9.17, 15) is 0 Å². The van der Waals surface area contributed by atoms with Gasteiger partial charge in [0.1, 0.15) is 11.3 Å². The van der Waals surface area contributed by atoms with E-state index in [0.717, 1.165) is 23.4 Å². The normalized spacial score (nSPS) is 14.1. The minimum atomic E-state index is -0.129. The summed E-state index contributed by atoms with van der Waals surface area (Å²) in [6, 6.07) is 5.86. The van der Waals surface area contributed by atoms with Crippen LogP contribution in [0.5, 0.6) is 0 Å². The molecule has 0 radical (unpaired) electrons. The molecule has 18 heavy (non-hydrogen) atoms. The lowest BCUT2D eigenvalue weighted by Crippen LogP contribution is -2.17. The highest BCUT2D eigenvalue weighted by molar-refractivity contribution is 6.35. The first-order valence-electron chi connectivity index (χ1n) is 6.08. The molecule has 0 N–H and O–H groups in total. The summed E-state index contributed by atoms with van der Waals surface area (Å²) in [4.78, 5) is 4.59. The molecule has 0 aliphatic heterocycles. The van der Waals surface area contributed by atoms with Gasteiger partial charge >= 0.3 is 0 Å². The third kappa shape index (κ3) is 2.65. The maximum atomic E-state index is 6.23. The molecule has 0 aliphatic rings. The van der Waals surface area contributed by atoms with Crippen LogP contribution >= 0.6 is 23.2 Å². The van der Waals surface area contributed by atoms with Crippen molar-refractivity contribution in [3.8, 4) is 0 Å². The van der Waals surface area contributed by atoms with Gasteiger partial charge < -0.3 is 4.57 Å². The van der Waals surface area contributed by atoms with Crippen LogP contribution in [0.15, 0.2) is 18.2 Å². The second-order valence-corrected chi connectivity index (χ2v) is 6.90. The van der Waals surface area contributed by atoms with E-state index in [-0.39, 0.29) is 10.8 Å². The number of halogens is 2. The topological polar surface area (TPSA) is 17.8 Å². The first kappa shape index (κ1) is 13.7. The summed E-state index contributed by atoms with van der Waals surface area (Å²) in [6.07, 6.45) is 0. The second-order valence-electron chi connectivity index (χ2n) is 5.84. The fraction of sp³-hybridized carbons (Fsp3) is 0.500. The Labute approximate surface area is 118 Å². The molecule has 4 heteroatoms. The first-order valence-corrected chi connectivity index (χ1v) is 6.90. The van der Waals surface area contributed by atoms with E-state index in [0.29, 0.717) is 5.02 Å². The number of fused-ring (bicyclic) bond motifs is 1. The van der Waals surface area contributed by atoms with Gasteiger partial charge in [0.2, 0.25) is 0 Å². The largest absolute Gasteiger partial charge is 0.326 e. The maximum Gasteiger partial charge on any atom is 0.127 e. The summed E-state index contributed by atoms with van der Waals surface area (Å²) in [5, 5.41) is 0.551. The Bertz CT molecular complexity index is 565. The second kappa shape index (κ2) is 4.75. The molecular weight excluding hydrogens is 267 g/mol. The summed E-state index contributed by atoms with van der Waals surface area (Å²) in [5.41, 5.74) is 2.06. The van der Waals surface area contributed by atoms with Gasteiger partial charge in [0.05, 0.1) is 15.9 Å². The highest BCUT2D eigenvalue weighted by Gasteiger charge is 2.20. The van der Waals surface area contributed by atoms with Crippen LogP contribution in [-0.2, 0) is 6.54 Å². The Hall–Kier alpha value is -0.730. The lowest BCUT2D eigenvalue weighted by Gasteiger charge is -2.21. The molecule has 0 fully saturated rings. The zero-order valence-electron chi connectivity index (χ0n) is 11.2. The van der Waals surface area contributed by atoms with Crippen molar-refractivity contribution in [1.82, 2.24) is 9.55 Å². The van der Waals surface area contributed by atoms with Crippen LogP contribution in [0.25, 0.3) is 11.0 Å². The molecule has 1 atom stereocenters. The van der Waals surface area contributed by atoms with Gasteiger partial charge in [0, 0.05) is 6.54 Å². The molecule has 0 amide bonds. The number of nitrogens with zero attached hydrogens (tertiary/aromatic N) is 2. The van der Waals surface area contributed by atoms with E-state index in [1.165, 1.54) is 0 Å². The summed E-state index contributed by atoms with van der Waals surface area (Å²) in [6.45, 7) is 9.41. The maximum absolute atomic E-state index is 6.23. The highest BCUT2D eigenvalue weighted by Crippen LogP contribution is 2.31. The van der Waals surface area contributed by atoms with Gasteiger partial charge in [-0.25, -0.2) is 4.98 Å². The Balaban J connectivity index is 2.67. The molecule has 0 aliphatic carbocycles. The van der Waals surface area contributed by atoms with Gasteiger partial charge in [0.15, 0.2) is 0 Å². The van der Waals surface area contributed by atoms with Crippen LogP contribution in [0.2, 0.25) is 5.02 Å². The molecule has 2 rings (SSSR count). The molecule has 1 aromatic heterocycles. The predicted molar refractivity (Wildman–Crippen MR) is 78.5 cm³/mol. The number of imidazole rings is 1. The molecule has 98 valence electrons. The molecule has 1 aromatic carbocycles. The Morgan fingerprint density at radius 3 is 2.56 bits per heavy atom. The van der Waals surface area contributed by atoms with Gasteiger partial charge in [-0.1, -0.05) is 38.4 Å². The Morgan fingerprint density at radius 2 is 2.00 bits per heavy atom. The van der Waals surface area contributed by atoms with Crippen molar-refractivity contribution in [3.63, 3.8) is 0 Å². The zero-order chi connectivity index (χ0) is 13.5. The summed E-state index contributed by atoms with van der Waals surface area (Å²) in [5.74, 6) is 0.884. The molecular formula is C14H18Cl2N2. The minimum absolute atomic E-state index is 0.129. The highest BCUT2D eigenvalue weighted by atomic mass is 35.5. The summed E-state index contributed by atoms with van der Waals surface area (Å²) >= 11 is 12.4. The first-order chi connectivity index (χ1) is 8.29. The number of hydrogen-bond donors (Lipinski definition) is 0. The van der Waals surface area contributed by atoms with Crippen molar-refractivity contribution in [1.29, 1.82) is 0 Å². The molecule has 1 heterocycles. The fourth-order valence-corrected chi connectivity index (χ4v) is 2.45. The number of rotatable bonds is 2. The van der Waals surface area contributed by atoms with Crippen LogP contribution in [-0.4, -0.2) is 9.55 Å². The van der Waals surface area contributed by atoms with E-state index in [1.807, 2.05) is 25.1 Å². The van der Waals surface area contributed by atoms with Gasteiger partial charge in [-0.15, -0.1) is 11.6 Å². The van der Waals surface area contributed by atoms with Crippen LogP contribution in [0.3, 0.4) is 0 Å². The van der Waals surface area contributed by atoms with E-state index in [1.54, 1.807) is 0 Å². The number of para-hydroxylation sites is 1. The number of benzene rings is 1. The summed E-state index contributed by atoms with van der Waals surface area (Å²) in [7, 11) is 0. The number of aromatic nitrogens is 2. The third-order valence-electron chi connectivity index (χ3n) is 2.75. The third-order valence-corrected chi connectivity index (χ3v) is 3.25. The lowest BCUT2D eigenvalue weighted by atomic mass is 9.96. The molecule has 0 saturated heterocycles. The Morgan fingerprint density at radius 1 is 1.33 bits per heavy atom. The number of hydrogen-bond acceptors (Lipinski definition) is 1. The van der Waals surface area contributed by atoms with Crippen molar-refractivity contribution in [3.05, 3.63) is 29.0 Å². The van der Waals surface area contributed by atoms with Crippen LogP contribution in [0.4, 0.5) is 0 Å². The molecule has 0 spiro atoms. The van der Waals surface area contributed by atoms with Crippen molar-refractivity contribution < 1.29 is 0 Å². The van der Waals surface area contributed by atoms with Crippen molar-refractivity contribution >= 4 is 34.2 Å². The van der Waals surface area contributed by atoms with Crippen LogP contribution < -0.4 is 0 Å². The quantitative estimate of drug-likeness (QED) is 0.707. The Kier molecular flexibility index (Phi) is 3.61. The van der Waals surface area contributed by atoms with Crippen LogP contribution in [0.1, 0.15) is 38.9 Å². The number of alkyl halides is 1. The summed E-state index contributed by atoms with van der Waals surface area (Å²) < 4.78 is 2.18. The predicted octanol–water partition coefficient (Wildman–Crippen LogP) is 5.04. The zero-order valence-corrected chi connectivity index (χ0v) is 12.7. The van der Waals surface area contributed by atoms with Gasteiger partial charge in [-0.3, -0.25) is 0 Å². The average molecular weight is 285 g/mol. The van der Waals surface area contributed by atoms with Crippen molar-refractivity contribution in [2.75, 3.05) is 0 Å². The average Bonchev–Trinajstić information content (AvgIpc) is 2.57. The standard InChI is InChI=1S/C14H18Cl2N2/c1-9(15)13-17-12-10(16)6-5-7-11(12)18(13)8-14(2,3)4/h5-7,9H,8H2,1-4H3. The lowest BCUT2D eigenvalue weighted by molar-refractivity contribution is 0.343. The molecule has 2 aromatic rings. The van der Waals surface area contributed by atoms with E-state index >= 15 is 0 Å². The SMILES string of the molecule is CC(Cl)c1nc2c(Cl)cccc2n1CC(C)(C)C. The van der Waals surface area contributed by atoms with E-state index in [4.69, 9.17) is 23.2 Å². The monoisotopic (exact) mass is 284 g/mol. The van der Waals surface area contributed by atoms with E-state index in [2.05, 4.69) is 30.3 Å².